The number of benzene rings is 1. The number of phenols is 1. The van der Waals surface area contributed by atoms with Gasteiger partial charge >= 0.3 is 0 Å². The van der Waals surface area contributed by atoms with Crippen LogP contribution < -0.4 is 0 Å². The molecule has 1 rings (SSSR count). The maximum atomic E-state index is 11.5. The molecule has 0 saturated carbocycles. The van der Waals surface area contributed by atoms with Gasteiger partial charge in [-0.05, 0) is 12.1 Å². The van der Waals surface area contributed by atoms with Crippen LogP contribution in [0.3, 0.4) is 0 Å². The Morgan fingerprint density at radius 2 is 2.08 bits per heavy atom. The fraction of sp³-hybridized carbons (Fsp3) is 0.250. The molecule has 1 aromatic rings. The highest BCUT2D eigenvalue weighted by Crippen LogP contribution is 2.22. The minimum absolute atomic E-state index is 0.0562. The fourth-order valence-corrected chi connectivity index (χ4v) is 1.91. The zero-order valence-electron chi connectivity index (χ0n) is 6.78. The van der Waals surface area contributed by atoms with Gasteiger partial charge in [0, 0.05) is 5.75 Å². The van der Waals surface area contributed by atoms with Crippen molar-refractivity contribution in [3.05, 3.63) is 24.3 Å². The van der Waals surface area contributed by atoms with Gasteiger partial charge in [0.05, 0.1) is 14.6 Å². The summed E-state index contributed by atoms with van der Waals surface area (Å²) in [5, 5.41) is 9.28. The SMILES string of the molecule is CCS(=N)(=O)c1ccccc1O. The van der Waals surface area contributed by atoms with E-state index in [0.717, 1.165) is 0 Å². The summed E-state index contributed by atoms with van der Waals surface area (Å²) in [4.78, 5) is 0.229. The zero-order chi connectivity index (χ0) is 9.19. The molecular formula is C8H11NO2S. The van der Waals surface area contributed by atoms with Crippen LogP contribution in [0, 0.1) is 4.78 Å². The van der Waals surface area contributed by atoms with Gasteiger partial charge in [0.25, 0.3) is 0 Å². The second kappa shape index (κ2) is 3.15. The lowest BCUT2D eigenvalue weighted by Crippen LogP contribution is -2.01. The van der Waals surface area contributed by atoms with Gasteiger partial charge in [0.2, 0.25) is 0 Å². The van der Waals surface area contributed by atoms with Crippen molar-refractivity contribution in [3.8, 4) is 5.75 Å². The summed E-state index contributed by atoms with van der Waals surface area (Å²) in [5.41, 5.74) is 0. The molecule has 2 N–H and O–H groups in total. The van der Waals surface area contributed by atoms with Crippen LogP contribution in [0.2, 0.25) is 0 Å². The summed E-state index contributed by atoms with van der Waals surface area (Å²) >= 11 is 0. The lowest BCUT2D eigenvalue weighted by Gasteiger charge is -2.05. The minimum atomic E-state index is -2.78. The van der Waals surface area contributed by atoms with Crippen LogP contribution in [0.4, 0.5) is 0 Å². The Hall–Kier alpha value is -1.03. The van der Waals surface area contributed by atoms with E-state index in [2.05, 4.69) is 0 Å². The van der Waals surface area contributed by atoms with E-state index in [-0.39, 0.29) is 16.4 Å². The molecule has 0 aliphatic rings. The molecule has 66 valence electrons. The molecule has 1 atom stereocenters. The number of aromatic hydroxyl groups is 1. The molecule has 0 saturated heterocycles. The number of hydrogen-bond donors (Lipinski definition) is 2. The lowest BCUT2D eigenvalue weighted by molar-refractivity contribution is 0.461. The third-order valence-electron chi connectivity index (χ3n) is 1.63. The Morgan fingerprint density at radius 3 is 2.58 bits per heavy atom. The first-order valence-corrected chi connectivity index (χ1v) is 5.35. The average Bonchev–Trinajstić information content (AvgIpc) is 2.05. The molecule has 1 aromatic carbocycles. The van der Waals surface area contributed by atoms with Crippen molar-refractivity contribution in [2.75, 3.05) is 5.75 Å². The van der Waals surface area contributed by atoms with Crippen molar-refractivity contribution >= 4 is 9.73 Å². The van der Waals surface area contributed by atoms with Gasteiger partial charge in [0.15, 0.2) is 0 Å². The number of phenolic OH excluding ortho intramolecular Hbond substituents is 1. The maximum Gasteiger partial charge on any atom is 0.132 e. The highest BCUT2D eigenvalue weighted by atomic mass is 32.2. The Labute approximate surface area is 72.0 Å². The molecule has 0 heterocycles. The van der Waals surface area contributed by atoms with Gasteiger partial charge in [-0.2, -0.15) is 0 Å². The van der Waals surface area contributed by atoms with Crippen LogP contribution in [0.25, 0.3) is 0 Å². The van der Waals surface area contributed by atoms with E-state index in [1.165, 1.54) is 12.1 Å². The van der Waals surface area contributed by atoms with E-state index in [1.807, 2.05) is 0 Å². The van der Waals surface area contributed by atoms with Crippen molar-refractivity contribution in [3.63, 3.8) is 0 Å². The summed E-state index contributed by atoms with van der Waals surface area (Å²) in [7, 11) is -2.78. The van der Waals surface area contributed by atoms with E-state index < -0.39 is 9.73 Å². The normalized spacial score (nSPS) is 15.4. The van der Waals surface area contributed by atoms with Crippen LogP contribution >= 0.6 is 0 Å². The summed E-state index contributed by atoms with van der Waals surface area (Å²) in [6, 6.07) is 6.27. The van der Waals surface area contributed by atoms with Gasteiger partial charge < -0.3 is 5.11 Å². The van der Waals surface area contributed by atoms with E-state index >= 15 is 0 Å². The number of rotatable bonds is 2. The van der Waals surface area contributed by atoms with Crippen molar-refractivity contribution in [2.45, 2.75) is 11.8 Å². The van der Waals surface area contributed by atoms with Crippen molar-refractivity contribution in [2.24, 2.45) is 0 Å². The van der Waals surface area contributed by atoms with Crippen molar-refractivity contribution in [1.29, 1.82) is 4.78 Å². The standard InChI is InChI=1S/C8H11NO2S/c1-2-12(9,11)8-6-4-3-5-7(8)10/h3-6,9-10H,2H2,1H3. The first-order valence-electron chi connectivity index (χ1n) is 3.62. The van der Waals surface area contributed by atoms with Gasteiger partial charge in [-0.15, -0.1) is 0 Å². The molecular weight excluding hydrogens is 174 g/mol. The molecule has 0 amide bonds. The van der Waals surface area contributed by atoms with Crippen LogP contribution in [-0.2, 0) is 9.73 Å². The summed E-state index contributed by atoms with van der Waals surface area (Å²) in [6.45, 7) is 1.67. The van der Waals surface area contributed by atoms with Crippen molar-refractivity contribution in [1.82, 2.24) is 0 Å². The third-order valence-corrected chi connectivity index (χ3v) is 3.50. The van der Waals surface area contributed by atoms with Gasteiger partial charge in [-0.3, -0.25) is 0 Å². The Balaban J connectivity index is 3.30. The quantitative estimate of drug-likeness (QED) is 0.738. The van der Waals surface area contributed by atoms with E-state index in [1.54, 1.807) is 19.1 Å². The number of hydrogen-bond acceptors (Lipinski definition) is 3. The molecule has 0 fully saturated rings. The van der Waals surface area contributed by atoms with Crippen LogP contribution in [0.15, 0.2) is 29.2 Å². The zero-order valence-corrected chi connectivity index (χ0v) is 7.60. The molecule has 0 bridgehead atoms. The fourth-order valence-electron chi connectivity index (χ4n) is 0.891. The largest absolute Gasteiger partial charge is 0.507 e. The molecule has 0 aliphatic heterocycles. The van der Waals surface area contributed by atoms with Gasteiger partial charge in [-0.25, -0.2) is 8.99 Å². The van der Waals surface area contributed by atoms with Crippen LogP contribution in [0.1, 0.15) is 6.92 Å². The first kappa shape index (κ1) is 9.06. The molecule has 0 aliphatic carbocycles. The van der Waals surface area contributed by atoms with Gasteiger partial charge in [-0.1, -0.05) is 19.1 Å². The first-order chi connectivity index (χ1) is 5.58. The summed E-state index contributed by atoms with van der Waals surface area (Å²) in [5.74, 6) is 0.171. The molecule has 12 heavy (non-hydrogen) atoms. The van der Waals surface area contributed by atoms with Gasteiger partial charge in [0.1, 0.15) is 5.75 Å². The molecule has 3 nitrogen and oxygen atoms in total. The number of para-hydroxylation sites is 1. The Morgan fingerprint density at radius 1 is 1.50 bits per heavy atom. The monoisotopic (exact) mass is 185 g/mol. The molecule has 0 aromatic heterocycles. The van der Waals surface area contributed by atoms with Crippen molar-refractivity contribution < 1.29 is 9.32 Å². The second-order valence-corrected chi connectivity index (χ2v) is 4.80. The van der Waals surface area contributed by atoms with E-state index in [0.29, 0.717) is 0 Å². The highest BCUT2D eigenvalue weighted by molar-refractivity contribution is 7.92. The van der Waals surface area contributed by atoms with Crippen LogP contribution in [0.5, 0.6) is 5.75 Å². The summed E-state index contributed by atoms with van der Waals surface area (Å²) in [6.07, 6.45) is 0. The smallest absolute Gasteiger partial charge is 0.132 e. The van der Waals surface area contributed by atoms with E-state index in [9.17, 15) is 9.32 Å². The minimum Gasteiger partial charge on any atom is -0.507 e. The predicted molar refractivity (Wildman–Crippen MR) is 47.8 cm³/mol. The molecule has 1 unspecified atom stereocenters. The summed E-state index contributed by atoms with van der Waals surface area (Å²) < 4.78 is 18.9. The molecule has 0 radical (unpaired) electrons. The highest BCUT2D eigenvalue weighted by Gasteiger charge is 2.10. The average molecular weight is 185 g/mol. The Bertz CT molecular complexity index is 370. The third kappa shape index (κ3) is 1.58. The second-order valence-electron chi connectivity index (χ2n) is 2.43. The maximum absolute atomic E-state index is 11.5. The molecule has 0 spiro atoms. The molecule has 4 heteroatoms. The Kier molecular flexibility index (Phi) is 2.38. The lowest BCUT2D eigenvalue weighted by atomic mass is 10.3. The van der Waals surface area contributed by atoms with E-state index in [4.69, 9.17) is 4.78 Å². The predicted octanol–water partition coefficient (Wildman–Crippen LogP) is 1.82. The number of nitrogens with one attached hydrogen (secondary N) is 1. The topological polar surface area (TPSA) is 61.2 Å². The van der Waals surface area contributed by atoms with Crippen LogP contribution in [-0.4, -0.2) is 15.1 Å².